The lowest BCUT2D eigenvalue weighted by molar-refractivity contribution is 1.01. The summed E-state index contributed by atoms with van der Waals surface area (Å²) >= 11 is 1.80. The Labute approximate surface area is 331 Å². The third-order valence-electron chi connectivity index (χ3n) is 11.9. The van der Waals surface area contributed by atoms with Gasteiger partial charge in [0.25, 0.3) is 0 Å². The second kappa shape index (κ2) is 11.7. The molecule has 0 unspecified atom stereocenters. The Hall–Kier alpha value is -7.21. The van der Waals surface area contributed by atoms with Crippen LogP contribution in [0.3, 0.4) is 0 Å². The fourth-order valence-electron chi connectivity index (χ4n) is 9.39. The number of hydrogen-bond acceptors (Lipinski definition) is 3. The van der Waals surface area contributed by atoms with Crippen molar-refractivity contribution in [2.75, 3.05) is 0 Å². The van der Waals surface area contributed by atoms with Gasteiger partial charge in [-0.25, -0.2) is 9.97 Å². The molecule has 0 spiro atoms. The summed E-state index contributed by atoms with van der Waals surface area (Å²) < 4.78 is 4.70. The average molecular weight is 743 g/mol. The highest BCUT2D eigenvalue weighted by Gasteiger charge is 2.24. The first-order valence-corrected chi connectivity index (χ1v) is 20.1. The van der Waals surface area contributed by atoms with Gasteiger partial charge in [-0.3, -0.25) is 4.57 Å². The predicted molar refractivity (Wildman–Crippen MR) is 238 cm³/mol. The first-order valence-electron chi connectivity index (χ1n) is 19.3. The molecule has 5 heteroatoms. The van der Waals surface area contributed by atoms with Gasteiger partial charge in [-0.1, -0.05) is 133 Å². The van der Waals surface area contributed by atoms with Gasteiger partial charge in [0.2, 0.25) is 5.95 Å². The fraction of sp³-hybridized carbons (Fsp3) is 0. The van der Waals surface area contributed by atoms with Gasteiger partial charge in [0.15, 0.2) is 0 Å². The van der Waals surface area contributed by atoms with Gasteiger partial charge in [-0.15, -0.1) is 0 Å². The van der Waals surface area contributed by atoms with E-state index < -0.39 is 0 Å². The lowest BCUT2D eigenvalue weighted by Gasteiger charge is -2.20. The lowest BCUT2D eigenvalue weighted by atomic mass is 9.99. The summed E-state index contributed by atoms with van der Waals surface area (Å²) in [6, 6.07) is 66.1. The second-order valence-electron chi connectivity index (χ2n) is 15.0. The Morgan fingerprint density at radius 1 is 0.386 bits per heavy atom. The van der Waals surface area contributed by atoms with Crippen molar-refractivity contribution >= 4 is 87.8 Å². The summed E-state index contributed by atoms with van der Waals surface area (Å²) in [7, 11) is 0. The lowest BCUT2D eigenvalue weighted by Crippen LogP contribution is -2.05. The normalized spacial score (nSPS) is 12.5. The van der Waals surface area contributed by atoms with Crippen molar-refractivity contribution < 1.29 is 0 Å². The number of benzene rings is 9. The summed E-state index contributed by atoms with van der Waals surface area (Å²) in [6.45, 7) is 0. The molecule has 0 radical (unpaired) electrons. The van der Waals surface area contributed by atoms with Crippen LogP contribution in [-0.4, -0.2) is 19.1 Å². The van der Waals surface area contributed by atoms with E-state index in [1.54, 1.807) is 11.8 Å². The van der Waals surface area contributed by atoms with E-state index in [0.717, 1.165) is 33.2 Å². The molecule has 0 N–H and O–H groups in total. The Morgan fingerprint density at radius 3 is 1.89 bits per heavy atom. The van der Waals surface area contributed by atoms with Crippen LogP contribution < -0.4 is 0 Å². The van der Waals surface area contributed by atoms with Gasteiger partial charge >= 0.3 is 0 Å². The smallest absolute Gasteiger partial charge is 0.235 e. The molecule has 0 saturated heterocycles. The van der Waals surface area contributed by atoms with Crippen molar-refractivity contribution in [1.82, 2.24) is 19.1 Å². The van der Waals surface area contributed by atoms with E-state index in [1.165, 1.54) is 80.7 Å². The standard InChI is InChI=1S/C52H30N4S/c1-3-14-35-31(11-1)13-9-20-42(35)55-43-19-7-5-16-37(43)39-29-33(24-26-44(39)55)34-25-27-45-40(30-34)49-36-15-4-2-12-32(36)23-28-46(49)56(45)52-53-41-18-10-22-48-50(41)51(54-52)38-17-6-8-21-47(38)57-48/h1-30H. The molecule has 0 fully saturated rings. The Morgan fingerprint density at radius 2 is 1.02 bits per heavy atom. The highest BCUT2D eigenvalue weighted by Crippen LogP contribution is 2.47. The number of rotatable bonds is 3. The minimum atomic E-state index is 0.682. The number of aromatic nitrogens is 4. The maximum absolute atomic E-state index is 5.42. The maximum atomic E-state index is 5.42. The van der Waals surface area contributed by atoms with Gasteiger partial charge in [0.05, 0.1) is 39.0 Å². The van der Waals surface area contributed by atoms with E-state index in [2.05, 4.69) is 191 Å². The number of fused-ring (bicyclic) bond motifs is 11. The quantitative estimate of drug-likeness (QED) is 0.181. The molecule has 1 aliphatic rings. The van der Waals surface area contributed by atoms with Crippen LogP contribution >= 0.6 is 11.8 Å². The fourth-order valence-corrected chi connectivity index (χ4v) is 10.5. The van der Waals surface area contributed by atoms with Crippen LogP contribution in [-0.2, 0) is 0 Å². The molecule has 0 amide bonds. The highest BCUT2D eigenvalue weighted by molar-refractivity contribution is 7.99. The van der Waals surface area contributed by atoms with Crippen LogP contribution in [0.1, 0.15) is 0 Å². The van der Waals surface area contributed by atoms with Gasteiger partial charge in [0.1, 0.15) is 0 Å². The van der Waals surface area contributed by atoms with E-state index >= 15 is 0 Å². The van der Waals surface area contributed by atoms with Crippen molar-refractivity contribution in [3.8, 4) is 34.0 Å². The number of para-hydroxylation sites is 1. The molecule has 4 nitrogen and oxygen atoms in total. The largest absolute Gasteiger partial charge is 0.309 e. The summed E-state index contributed by atoms with van der Waals surface area (Å²) in [4.78, 5) is 13.1. The zero-order chi connectivity index (χ0) is 37.2. The molecule has 57 heavy (non-hydrogen) atoms. The van der Waals surface area contributed by atoms with Crippen LogP contribution in [0.2, 0.25) is 0 Å². The van der Waals surface area contributed by atoms with Gasteiger partial charge in [-0.2, -0.15) is 0 Å². The Kier molecular flexibility index (Phi) is 6.35. The zero-order valence-electron chi connectivity index (χ0n) is 30.5. The first kappa shape index (κ1) is 31.0. The molecule has 12 aromatic rings. The van der Waals surface area contributed by atoms with E-state index in [1.807, 2.05) is 0 Å². The SMILES string of the molecule is c1ccc2c(c1)Sc1cccc3nc(-n4c5ccc(-c6ccc7c(c6)c6ccccc6n7-c6cccc7ccccc67)cc5c5c6ccccc6ccc54)nc-2c13. The monoisotopic (exact) mass is 742 g/mol. The van der Waals surface area contributed by atoms with Crippen molar-refractivity contribution in [3.63, 3.8) is 0 Å². The molecule has 0 atom stereocenters. The van der Waals surface area contributed by atoms with Crippen LogP contribution in [0.5, 0.6) is 0 Å². The summed E-state index contributed by atoms with van der Waals surface area (Å²) in [6.07, 6.45) is 0. The van der Waals surface area contributed by atoms with Crippen molar-refractivity contribution in [2.45, 2.75) is 9.79 Å². The minimum absolute atomic E-state index is 0.682. The Bertz CT molecular complexity index is 3680. The summed E-state index contributed by atoms with van der Waals surface area (Å²) in [5, 5.41) is 10.9. The third kappa shape index (κ3) is 4.40. The molecule has 0 aliphatic carbocycles. The van der Waals surface area contributed by atoms with Crippen LogP contribution in [0.15, 0.2) is 192 Å². The van der Waals surface area contributed by atoms with Gasteiger partial charge < -0.3 is 4.57 Å². The highest BCUT2D eigenvalue weighted by atomic mass is 32.2. The number of nitrogens with zero attached hydrogens (tertiary/aromatic N) is 4. The van der Waals surface area contributed by atoms with E-state index in [-0.39, 0.29) is 0 Å². The molecule has 1 aliphatic heterocycles. The topological polar surface area (TPSA) is 35.6 Å². The predicted octanol–water partition coefficient (Wildman–Crippen LogP) is 13.9. The molecule has 264 valence electrons. The Balaban J connectivity index is 1.06. The first-order chi connectivity index (χ1) is 28.3. The molecular formula is C52H30N4S. The molecule has 4 heterocycles. The van der Waals surface area contributed by atoms with Crippen molar-refractivity contribution in [2.24, 2.45) is 0 Å². The molecule has 0 bridgehead atoms. The number of hydrogen-bond donors (Lipinski definition) is 0. The van der Waals surface area contributed by atoms with Crippen LogP contribution in [0.4, 0.5) is 0 Å². The molecule has 0 saturated carbocycles. The summed E-state index contributed by atoms with van der Waals surface area (Å²) in [5.74, 6) is 0.682. The average Bonchev–Trinajstić information content (AvgIpc) is 3.78. The molecule has 9 aromatic carbocycles. The van der Waals surface area contributed by atoms with Gasteiger partial charge in [0, 0.05) is 47.7 Å². The van der Waals surface area contributed by atoms with Crippen LogP contribution in [0.25, 0.3) is 110 Å². The van der Waals surface area contributed by atoms with E-state index in [0.29, 0.717) is 5.95 Å². The second-order valence-corrected chi connectivity index (χ2v) is 16.0. The maximum Gasteiger partial charge on any atom is 0.235 e. The molecule has 3 aromatic heterocycles. The zero-order valence-corrected chi connectivity index (χ0v) is 31.3. The minimum Gasteiger partial charge on any atom is -0.309 e. The van der Waals surface area contributed by atoms with Crippen molar-refractivity contribution in [3.05, 3.63) is 182 Å². The van der Waals surface area contributed by atoms with E-state index in [9.17, 15) is 0 Å². The van der Waals surface area contributed by atoms with E-state index in [4.69, 9.17) is 9.97 Å². The summed E-state index contributed by atoms with van der Waals surface area (Å²) in [5.41, 5.74) is 11.2. The molecule has 13 rings (SSSR count). The van der Waals surface area contributed by atoms with Gasteiger partial charge in [-0.05, 0) is 87.9 Å². The third-order valence-corrected chi connectivity index (χ3v) is 13.0. The molecular weight excluding hydrogens is 713 g/mol. The van der Waals surface area contributed by atoms with Crippen LogP contribution in [0, 0.1) is 0 Å². The van der Waals surface area contributed by atoms with Crippen molar-refractivity contribution in [1.29, 1.82) is 0 Å².